The fourth-order valence-corrected chi connectivity index (χ4v) is 18.1. The number of fused-ring (bicyclic) bond motifs is 9. The van der Waals surface area contributed by atoms with Crippen LogP contribution in [0.2, 0.25) is 0 Å². The highest BCUT2D eigenvalue weighted by Crippen LogP contribution is 2.39. The SMILES string of the molecule is c1ccc(-c2ccc([Si](c3ccccc3)(c3cccc(-n4c5ccccc5c5cc(-n6c7ccccc7c7ccccc76)ccc54)c3)c3cccc4c3sc3ccc(-c5ccccc5)cc34)cc2)cc1. The molecular weight excluding hydrogens is 881 g/mol. The van der Waals surface area contributed by atoms with Crippen LogP contribution in [0, 0.1) is 0 Å². The molecule has 328 valence electrons. The van der Waals surface area contributed by atoms with Gasteiger partial charge in [-0.1, -0.05) is 206 Å². The molecule has 0 aliphatic carbocycles. The highest BCUT2D eigenvalue weighted by Gasteiger charge is 2.43. The summed E-state index contributed by atoms with van der Waals surface area (Å²) in [6, 6.07) is 99.7. The molecule has 0 saturated heterocycles. The first-order valence-corrected chi connectivity index (χ1v) is 26.9. The van der Waals surface area contributed by atoms with E-state index in [0.717, 1.165) is 11.4 Å². The van der Waals surface area contributed by atoms with Gasteiger partial charge in [-0.25, -0.2) is 0 Å². The Kier molecular flexibility index (Phi) is 9.44. The molecule has 11 aromatic carbocycles. The van der Waals surface area contributed by atoms with Crippen molar-refractivity contribution in [3.8, 4) is 33.6 Å². The van der Waals surface area contributed by atoms with Crippen LogP contribution in [0.15, 0.2) is 267 Å². The lowest BCUT2D eigenvalue weighted by molar-refractivity contribution is 1.17. The third kappa shape index (κ3) is 6.24. The lowest BCUT2D eigenvalue weighted by atomic mass is 10.0. The molecule has 14 rings (SSSR count). The van der Waals surface area contributed by atoms with E-state index in [4.69, 9.17) is 0 Å². The van der Waals surface area contributed by atoms with Crippen molar-refractivity contribution >= 4 is 104 Å². The number of rotatable bonds is 8. The third-order valence-corrected chi connectivity index (χ3v) is 20.9. The molecule has 0 bridgehead atoms. The van der Waals surface area contributed by atoms with Gasteiger partial charge in [-0.05, 0) is 104 Å². The van der Waals surface area contributed by atoms with Crippen LogP contribution in [0.5, 0.6) is 0 Å². The summed E-state index contributed by atoms with van der Waals surface area (Å²) >= 11 is 1.94. The van der Waals surface area contributed by atoms with Gasteiger partial charge in [0.2, 0.25) is 0 Å². The van der Waals surface area contributed by atoms with Crippen LogP contribution in [0.1, 0.15) is 0 Å². The number of thiophene rings is 1. The molecule has 0 radical (unpaired) electrons. The van der Waals surface area contributed by atoms with Crippen LogP contribution < -0.4 is 20.7 Å². The van der Waals surface area contributed by atoms with Crippen LogP contribution in [-0.4, -0.2) is 17.2 Å². The molecule has 4 heteroatoms. The molecule has 0 aliphatic heterocycles. The number of aromatic nitrogens is 2. The van der Waals surface area contributed by atoms with Gasteiger partial charge >= 0.3 is 0 Å². The second kappa shape index (κ2) is 16.3. The van der Waals surface area contributed by atoms with Gasteiger partial charge < -0.3 is 9.13 Å². The highest BCUT2D eigenvalue weighted by atomic mass is 32.1. The number of hydrogen-bond acceptors (Lipinski definition) is 1. The fourth-order valence-electron chi connectivity index (χ4n) is 11.6. The Morgan fingerprint density at radius 2 is 0.743 bits per heavy atom. The first-order chi connectivity index (χ1) is 34.7. The zero-order valence-electron chi connectivity index (χ0n) is 38.2. The number of hydrogen-bond donors (Lipinski definition) is 0. The van der Waals surface area contributed by atoms with Gasteiger partial charge in [0.15, 0.2) is 8.07 Å². The Morgan fingerprint density at radius 1 is 0.271 bits per heavy atom. The molecule has 0 N–H and O–H groups in total. The molecule has 0 fully saturated rings. The number of benzene rings is 11. The molecule has 1 unspecified atom stereocenters. The Morgan fingerprint density at radius 3 is 1.40 bits per heavy atom. The molecule has 1 atom stereocenters. The van der Waals surface area contributed by atoms with E-state index >= 15 is 0 Å². The lowest BCUT2D eigenvalue weighted by Crippen LogP contribution is -2.74. The summed E-state index contributed by atoms with van der Waals surface area (Å²) in [5, 5.41) is 13.1. The first-order valence-electron chi connectivity index (χ1n) is 24.1. The van der Waals surface area contributed by atoms with Crippen LogP contribution >= 0.6 is 11.3 Å². The van der Waals surface area contributed by atoms with Crippen molar-refractivity contribution in [1.29, 1.82) is 0 Å². The van der Waals surface area contributed by atoms with E-state index in [1.54, 1.807) is 0 Å². The molecule has 0 spiro atoms. The Hall–Kier alpha value is -8.54. The fraction of sp³-hybridized carbons (Fsp3) is 0. The standard InChI is InChI=1S/C66H44N2SSi/c1-4-18-45(19-5-1)47-34-38-52(39-35-47)70(51-23-8-3-9-24-51,65-33-17-29-57-59-42-48(46-20-6-2-7-21-46)36-41-64(59)69-66(57)65)53-25-16-22-49(43-53)67-62-32-15-12-28-56(62)58-44-50(37-40-63(58)67)68-60-30-13-10-26-54(60)55-27-11-14-31-61(55)68/h1-44H. The van der Waals surface area contributed by atoms with Gasteiger partial charge in [-0.15, -0.1) is 11.3 Å². The quantitative estimate of drug-likeness (QED) is 0.106. The summed E-state index contributed by atoms with van der Waals surface area (Å²) in [4.78, 5) is 0. The maximum absolute atomic E-state index is 3.11. The Labute approximate surface area is 411 Å². The minimum absolute atomic E-state index is 1.15. The highest BCUT2D eigenvalue weighted by molar-refractivity contribution is 7.30. The second-order valence-corrected chi connectivity index (χ2v) is 23.2. The largest absolute Gasteiger partial charge is 0.309 e. The van der Waals surface area contributed by atoms with Gasteiger partial charge in [0.05, 0.1) is 22.1 Å². The summed E-state index contributed by atoms with van der Waals surface area (Å²) in [7, 11) is -3.11. The van der Waals surface area contributed by atoms with Gasteiger partial charge in [0, 0.05) is 53.1 Å². The van der Waals surface area contributed by atoms with Crippen molar-refractivity contribution in [2.24, 2.45) is 0 Å². The van der Waals surface area contributed by atoms with Gasteiger partial charge in [0.1, 0.15) is 0 Å². The van der Waals surface area contributed by atoms with E-state index in [0.29, 0.717) is 0 Å². The van der Waals surface area contributed by atoms with Crippen molar-refractivity contribution < 1.29 is 0 Å². The van der Waals surface area contributed by atoms with Crippen LogP contribution in [0.25, 0.3) is 97.4 Å². The minimum Gasteiger partial charge on any atom is -0.309 e. The molecule has 3 aromatic heterocycles. The zero-order chi connectivity index (χ0) is 46.2. The van der Waals surface area contributed by atoms with Gasteiger partial charge in [0.25, 0.3) is 0 Å². The smallest absolute Gasteiger partial charge is 0.181 e. The van der Waals surface area contributed by atoms with Crippen LogP contribution in [0.4, 0.5) is 0 Å². The first kappa shape index (κ1) is 40.5. The van der Waals surface area contributed by atoms with E-state index in [-0.39, 0.29) is 0 Å². The molecule has 0 amide bonds. The molecular formula is C66H44N2SSi. The predicted octanol–water partition coefficient (Wildman–Crippen LogP) is 15.0. The van der Waals surface area contributed by atoms with Crippen molar-refractivity contribution in [3.05, 3.63) is 267 Å². The maximum atomic E-state index is 2.52. The topological polar surface area (TPSA) is 9.86 Å². The van der Waals surface area contributed by atoms with E-state index in [1.165, 1.54) is 107 Å². The summed E-state index contributed by atoms with van der Waals surface area (Å²) < 4.78 is 7.58. The molecule has 14 aromatic rings. The van der Waals surface area contributed by atoms with Gasteiger partial charge in [-0.3, -0.25) is 0 Å². The van der Waals surface area contributed by atoms with E-state index < -0.39 is 8.07 Å². The van der Waals surface area contributed by atoms with Gasteiger partial charge in [-0.2, -0.15) is 0 Å². The summed E-state index contributed by atoms with van der Waals surface area (Å²) in [6.45, 7) is 0. The van der Waals surface area contributed by atoms with Crippen molar-refractivity contribution in [2.75, 3.05) is 0 Å². The molecule has 3 heterocycles. The molecule has 70 heavy (non-hydrogen) atoms. The normalized spacial score (nSPS) is 12.7. The van der Waals surface area contributed by atoms with E-state index in [1.807, 2.05) is 11.3 Å². The summed E-state index contributed by atoms with van der Waals surface area (Å²) in [5.41, 5.74) is 12.0. The van der Waals surface area contributed by atoms with Crippen LogP contribution in [-0.2, 0) is 0 Å². The van der Waals surface area contributed by atoms with Crippen LogP contribution in [0.3, 0.4) is 0 Å². The molecule has 2 nitrogen and oxygen atoms in total. The number of para-hydroxylation sites is 3. The average Bonchev–Trinajstić information content (AvgIpc) is 4.10. The monoisotopic (exact) mass is 924 g/mol. The molecule has 0 saturated carbocycles. The number of nitrogens with zero attached hydrogens (tertiary/aromatic N) is 2. The van der Waals surface area contributed by atoms with Crippen molar-refractivity contribution in [3.63, 3.8) is 0 Å². The van der Waals surface area contributed by atoms with Crippen molar-refractivity contribution in [2.45, 2.75) is 0 Å². The summed E-state index contributed by atoms with van der Waals surface area (Å²) in [6.07, 6.45) is 0. The van der Waals surface area contributed by atoms with Crippen molar-refractivity contribution in [1.82, 2.24) is 9.13 Å². The van der Waals surface area contributed by atoms with E-state index in [9.17, 15) is 0 Å². The van der Waals surface area contributed by atoms with E-state index in [2.05, 4.69) is 276 Å². The average molecular weight is 925 g/mol. The third-order valence-electron chi connectivity index (χ3n) is 14.7. The Bertz CT molecular complexity index is 4230. The second-order valence-electron chi connectivity index (χ2n) is 18.4. The zero-order valence-corrected chi connectivity index (χ0v) is 40.0. The predicted molar refractivity (Wildman–Crippen MR) is 302 cm³/mol. The Balaban J connectivity index is 1.02. The maximum Gasteiger partial charge on any atom is 0.181 e. The molecule has 0 aliphatic rings. The lowest BCUT2D eigenvalue weighted by Gasteiger charge is -2.35. The minimum atomic E-state index is -3.11. The summed E-state index contributed by atoms with van der Waals surface area (Å²) in [5.74, 6) is 0.